The second-order valence-electron chi connectivity index (χ2n) is 4.56. The zero-order valence-corrected chi connectivity index (χ0v) is 11.7. The largest absolute Gasteiger partial charge is 0.449 e. The van der Waals surface area contributed by atoms with Crippen molar-refractivity contribution in [2.45, 2.75) is 39.5 Å². The van der Waals surface area contributed by atoms with Gasteiger partial charge in [0.1, 0.15) is 5.84 Å². The minimum absolute atomic E-state index is 0.0681. The summed E-state index contributed by atoms with van der Waals surface area (Å²) in [5.74, 6) is 0.0681. The van der Waals surface area contributed by atoms with E-state index in [1.807, 2.05) is 19.1 Å². The second-order valence-corrected chi connectivity index (χ2v) is 4.56. The smallest absolute Gasteiger partial charge is 0.412 e. The molecule has 2 N–H and O–H groups in total. The summed E-state index contributed by atoms with van der Waals surface area (Å²) in [5, 5.41) is 10.2. The first-order chi connectivity index (χ1) is 9.13. The Bertz CT molecular complexity index is 413. The van der Waals surface area contributed by atoms with Crippen LogP contribution in [0.1, 0.15) is 43.7 Å². The van der Waals surface area contributed by atoms with Crippen molar-refractivity contribution >= 4 is 11.9 Å². The van der Waals surface area contributed by atoms with Crippen molar-refractivity contribution in [1.82, 2.24) is 5.32 Å². The number of alkyl carbamates (subject to hydrolysis) is 1. The van der Waals surface area contributed by atoms with Gasteiger partial charge in [-0.2, -0.15) is 0 Å². The second kappa shape index (κ2) is 8.29. The Labute approximate surface area is 114 Å². The van der Waals surface area contributed by atoms with Crippen molar-refractivity contribution in [2.24, 2.45) is 0 Å². The van der Waals surface area contributed by atoms with E-state index in [1.54, 1.807) is 12.1 Å². The Balaban J connectivity index is 2.28. The predicted octanol–water partition coefficient (Wildman–Crippen LogP) is 3.63. The Kier molecular flexibility index (Phi) is 6.64. The van der Waals surface area contributed by atoms with Crippen molar-refractivity contribution in [3.8, 4) is 0 Å². The normalized spacial score (nSPS) is 10.0. The predicted molar refractivity (Wildman–Crippen MR) is 76.6 cm³/mol. The molecule has 0 aliphatic heterocycles. The van der Waals surface area contributed by atoms with Crippen LogP contribution < -0.4 is 5.32 Å². The topological polar surface area (TPSA) is 62.2 Å². The first kappa shape index (κ1) is 15.2. The number of carbonyl (C=O) groups excluding carboxylic acids is 1. The number of amides is 1. The first-order valence-electron chi connectivity index (χ1n) is 6.73. The van der Waals surface area contributed by atoms with E-state index in [-0.39, 0.29) is 5.84 Å². The Hall–Kier alpha value is -1.84. The summed E-state index contributed by atoms with van der Waals surface area (Å²) in [6, 6.07) is 7.42. The molecular formula is C15H22N2O2. The van der Waals surface area contributed by atoms with E-state index >= 15 is 0 Å². The maximum Gasteiger partial charge on any atom is 0.412 e. The number of unbranched alkanes of at least 4 members (excludes halogenated alkanes) is 3. The van der Waals surface area contributed by atoms with E-state index in [2.05, 4.69) is 12.2 Å². The van der Waals surface area contributed by atoms with Crippen LogP contribution in [-0.2, 0) is 4.74 Å². The van der Waals surface area contributed by atoms with Gasteiger partial charge in [0.25, 0.3) is 0 Å². The molecule has 1 aromatic carbocycles. The number of ether oxygens (including phenoxy) is 1. The first-order valence-corrected chi connectivity index (χ1v) is 6.73. The van der Waals surface area contributed by atoms with Crippen molar-refractivity contribution in [3.63, 3.8) is 0 Å². The van der Waals surface area contributed by atoms with Crippen molar-refractivity contribution in [2.75, 3.05) is 6.61 Å². The summed E-state index contributed by atoms with van der Waals surface area (Å²) in [7, 11) is 0. The molecule has 0 saturated heterocycles. The molecule has 0 saturated carbocycles. The molecule has 0 radical (unpaired) electrons. The quantitative estimate of drug-likeness (QED) is 0.467. The monoisotopic (exact) mass is 262 g/mol. The van der Waals surface area contributed by atoms with Gasteiger partial charge in [0.15, 0.2) is 0 Å². The third-order valence-corrected chi connectivity index (χ3v) is 2.80. The Morgan fingerprint density at radius 2 is 1.89 bits per heavy atom. The zero-order valence-electron chi connectivity index (χ0n) is 11.7. The SMILES string of the molecule is CCCCCCOC(=O)NC(=N)c1ccc(C)cc1. The fourth-order valence-corrected chi connectivity index (χ4v) is 1.62. The highest BCUT2D eigenvalue weighted by molar-refractivity contribution is 6.04. The standard InChI is InChI=1S/C15H22N2O2/c1-3-4-5-6-11-19-15(18)17-14(16)13-9-7-12(2)8-10-13/h7-10H,3-6,11H2,1-2H3,(H2,16,17,18). The third kappa shape index (κ3) is 6.04. The van der Waals surface area contributed by atoms with Crippen LogP contribution in [0.25, 0.3) is 0 Å². The van der Waals surface area contributed by atoms with Gasteiger partial charge in [0, 0.05) is 5.56 Å². The molecule has 104 valence electrons. The van der Waals surface area contributed by atoms with E-state index in [9.17, 15) is 4.79 Å². The average molecular weight is 262 g/mol. The van der Waals surface area contributed by atoms with Crippen molar-refractivity contribution in [3.05, 3.63) is 35.4 Å². The highest BCUT2D eigenvalue weighted by atomic mass is 16.5. The lowest BCUT2D eigenvalue weighted by Crippen LogP contribution is -2.31. The van der Waals surface area contributed by atoms with Gasteiger partial charge >= 0.3 is 6.09 Å². The number of nitrogens with one attached hydrogen (secondary N) is 2. The van der Waals surface area contributed by atoms with Gasteiger partial charge in [-0.3, -0.25) is 10.7 Å². The highest BCUT2D eigenvalue weighted by Crippen LogP contribution is 2.03. The minimum Gasteiger partial charge on any atom is -0.449 e. The molecule has 0 fully saturated rings. The van der Waals surface area contributed by atoms with Crippen LogP contribution in [0, 0.1) is 12.3 Å². The molecule has 0 bridgehead atoms. The Morgan fingerprint density at radius 1 is 1.21 bits per heavy atom. The molecule has 0 heterocycles. The number of rotatable bonds is 6. The highest BCUT2D eigenvalue weighted by Gasteiger charge is 2.07. The number of carbonyl (C=O) groups is 1. The molecule has 19 heavy (non-hydrogen) atoms. The average Bonchev–Trinajstić information content (AvgIpc) is 2.39. The van der Waals surface area contributed by atoms with Gasteiger partial charge in [0.2, 0.25) is 0 Å². The molecule has 1 amide bonds. The number of hydrogen-bond acceptors (Lipinski definition) is 3. The maximum absolute atomic E-state index is 11.5. The molecule has 0 aromatic heterocycles. The molecule has 0 aliphatic carbocycles. The van der Waals surface area contributed by atoms with E-state index in [1.165, 1.54) is 0 Å². The van der Waals surface area contributed by atoms with Crippen molar-refractivity contribution in [1.29, 1.82) is 5.41 Å². The van der Waals surface area contributed by atoms with Gasteiger partial charge in [-0.1, -0.05) is 56.0 Å². The number of amidine groups is 1. The van der Waals surface area contributed by atoms with Crippen LogP contribution in [0.4, 0.5) is 4.79 Å². The van der Waals surface area contributed by atoms with Gasteiger partial charge < -0.3 is 4.74 Å². The van der Waals surface area contributed by atoms with E-state index in [4.69, 9.17) is 10.1 Å². The summed E-state index contributed by atoms with van der Waals surface area (Å²) < 4.78 is 5.01. The number of hydrogen-bond donors (Lipinski definition) is 2. The third-order valence-electron chi connectivity index (χ3n) is 2.80. The lowest BCUT2D eigenvalue weighted by molar-refractivity contribution is 0.149. The summed E-state index contributed by atoms with van der Waals surface area (Å²) >= 11 is 0. The van der Waals surface area contributed by atoms with Crippen LogP contribution in [0.3, 0.4) is 0 Å². The van der Waals surface area contributed by atoms with Crippen LogP contribution in [-0.4, -0.2) is 18.5 Å². The minimum atomic E-state index is -0.554. The molecule has 1 aromatic rings. The molecule has 0 unspecified atom stereocenters. The summed E-state index contributed by atoms with van der Waals surface area (Å²) in [4.78, 5) is 11.5. The molecule has 0 aliphatic rings. The fraction of sp³-hybridized carbons (Fsp3) is 0.467. The van der Waals surface area contributed by atoms with Gasteiger partial charge in [0.05, 0.1) is 6.61 Å². The number of benzene rings is 1. The zero-order chi connectivity index (χ0) is 14.1. The lowest BCUT2D eigenvalue weighted by Gasteiger charge is -2.08. The Morgan fingerprint density at radius 3 is 2.53 bits per heavy atom. The van der Waals surface area contributed by atoms with Gasteiger partial charge in [-0.25, -0.2) is 4.79 Å². The van der Waals surface area contributed by atoms with Gasteiger partial charge in [-0.15, -0.1) is 0 Å². The maximum atomic E-state index is 11.5. The fourth-order valence-electron chi connectivity index (χ4n) is 1.62. The molecule has 0 atom stereocenters. The van der Waals surface area contributed by atoms with Gasteiger partial charge in [-0.05, 0) is 13.3 Å². The van der Waals surface area contributed by atoms with E-state index in [0.717, 1.165) is 31.2 Å². The van der Waals surface area contributed by atoms with Crippen molar-refractivity contribution < 1.29 is 9.53 Å². The summed E-state index contributed by atoms with van der Waals surface area (Å²) in [5.41, 5.74) is 1.79. The van der Waals surface area contributed by atoms with Crippen LogP contribution in [0.15, 0.2) is 24.3 Å². The number of aryl methyl sites for hydroxylation is 1. The molecular weight excluding hydrogens is 240 g/mol. The lowest BCUT2D eigenvalue weighted by atomic mass is 10.1. The molecule has 4 heteroatoms. The van der Waals surface area contributed by atoms with E-state index in [0.29, 0.717) is 12.2 Å². The van der Waals surface area contributed by atoms with Crippen LogP contribution in [0.5, 0.6) is 0 Å². The van der Waals surface area contributed by atoms with Crippen LogP contribution >= 0.6 is 0 Å². The summed E-state index contributed by atoms with van der Waals surface area (Å²) in [6.45, 7) is 4.52. The van der Waals surface area contributed by atoms with Crippen LogP contribution in [0.2, 0.25) is 0 Å². The molecule has 0 spiro atoms. The van der Waals surface area contributed by atoms with E-state index < -0.39 is 6.09 Å². The molecule has 1 rings (SSSR count). The molecule has 4 nitrogen and oxygen atoms in total. The summed E-state index contributed by atoms with van der Waals surface area (Å²) in [6.07, 6.45) is 3.70.